The summed E-state index contributed by atoms with van der Waals surface area (Å²) in [4.78, 5) is 31.4. The van der Waals surface area contributed by atoms with E-state index in [9.17, 15) is 9.59 Å². The molecule has 0 aliphatic carbocycles. The molecule has 0 bridgehead atoms. The van der Waals surface area contributed by atoms with Crippen LogP contribution in [0.25, 0.3) is 6.08 Å². The van der Waals surface area contributed by atoms with Crippen LogP contribution in [0.2, 0.25) is 5.02 Å². The number of nitrogens with zero attached hydrogens (tertiary/aromatic N) is 2. The Balaban J connectivity index is 1.97. The highest BCUT2D eigenvalue weighted by atomic mass is 79.9. The highest BCUT2D eigenvalue weighted by molar-refractivity contribution is 9.10. The van der Waals surface area contributed by atoms with Gasteiger partial charge >= 0.3 is 5.97 Å². The number of ether oxygens (including phenoxy) is 1. The molecule has 1 atom stereocenters. The molecule has 0 N–H and O–H groups in total. The molecule has 1 aliphatic rings. The van der Waals surface area contributed by atoms with E-state index in [1.807, 2.05) is 48.5 Å². The van der Waals surface area contributed by atoms with Crippen molar-refractivity contribution in [3.8, 4) is 0 Å². The van der Waals surface area contributed by atoms with Gasteiger partial charge in [0.2, 0.25) is 0 Å². The molecule has 8 heteroatoms. The fourth-order valence-corrected chi connectivity index (χ4v) is 5.04. The first-order valence-electron chi connectivity index (χ1n) is 9.60. The zero-order valence-electron chi connectivity index (χ0n) is 16.8. The van der Waals surface area contributed by atoms with Crippen molar-refractivity contribution < 1.29 is 9.53 Å². The molecule has 4 rings (SSSR count). The molecular weight excluding hydrogens is 500 g/mol. The molecule has 1 aromatic heterocycles. The Hall–Kier alpha value is -2.48. The van der Waals surface area contributed by atoms with Crippen molar-refractivity contribution in [2.75, 3.05) is 6.61 Å². The third-order valence-corrected chi connectivity index (χ3v) is 6.74. The van der Waals surface area contributed by atoms with Crippen LogP contribution in [0.15, 0.2) is 74.1 Å². The van der Waals surface area contributed by atoms with Crippen molar-refractivity contribution in [3.05, 3.63) is 100 Å². The highest BCUT2D eigenvalue weighted by Gasteiger charge is 2.34. The Morgan fingerprint density at radius 3 is 2.65 bits per heavy atom. The Morgan fingerprint density at radius 1 is 1.26 bits per heavy atom. The Morgan fingerprint density at radius 2 is 1.97 bits per heavy atom. The molecule has 0 fully saturated rings. The molecule has 31 heavy (non-hydrogen) atoms. The minimum atomic E-state index is -0.712. The number of hydrogen-bond acceptors (Lipinski definition) is 5. The lowest BCUT2D eigenvalue weighted by atomic mass is 9.96. The number of carbonyl (C=O) groups excluding carboxylic acids is 1. The number of allylic oxidation sites excluding steroid dienone is 1. The zero-order valence-corrected chi connectivity index (χ0v) is 19.9. The Labute approximate surface area is 196 Å². The third-order valence-electron chi connectivity index (χ3n) is 4.88. The number of rotatable bonds is 4. The van der Waals surface area contributed by atoms with E-state index in [-0.39, 0.29) is 12.2 Å². The van der Waals surface area contributed by atoms with Gasteiger partial charge in [0.1, 0.15) is 6.04 Å². The first kappa shape index (κ1) is 21.7. The summed E-state index contributed by atoms with van der Waals surface area (Å²) in [5.41, 5.74) is 2.14. The minimum Gasteiger partial charge on any atom is -0.463 e. The maximum absolute atomic E-state index is 13.5. The molecule has 0 radical (unpaired) electrons. The number of aromatic nitrogens is 1. The van der Waals surface area contributed by atoms with E-state index in [2.05, 4.69) is 20.9 Å². The lowest BCUT2D eigenvalue weighted by Gasteiger charge is -2.25. The van der Waals surface area contributed by atoms with E-state index in [1.165, 1.54) is 15.9 Å². The molecule has 2 aromatic carbocycles. The van der Waals surface area contributed by atoms with Crippen molar-refractivity contribution in [3.63, 3.8) is 0 Å². The maximum atomic E-state index is 13.5. The predicted octanol–water partition coefficient (Wildman–Crippen LogP) is 4.21. The SMILES string of the molecule is CCOC(=O)C1=C(C)N=c2s/c(=C\c3ccc(Br)cc3)c(=O)n2[C@H]1c1ccccc1Cl. The molecule has 5 nitrogen and oxygen atoms in total. The van der Waals surface area contributed by atoms with Crippen molar-refractivity contribution in [2.24, 2.45) is 4.99 Å². The van der Waals surface area contributed by atoms with E-state index >= 15 is 0 Å². The van der Waals surface area contributed by atoms with Crippen LogP contribution in [0.3, 0.4) is 0 Å². The summed E-state index contributed by atoms with van der Waals surface area (Å²) in [6.07, 6.45) is 1.82. The van der Waals surface area contributed by atoms with Gasteiger partial charge in [0.15, 0.2) is 4.80 Å². The van der Waals surface area contributed by atoms with Gasteiger partial charge in [-0.15, -0.1) is 0 Å². The molecule has 158 valence electrons. The average Bonchev–Trinajstić information content (AvgIpc) is 3.04. The van der Waals surface area contributed by atoms with Gasteiger partial charge in [-0.05, 0) is 49.2 Å². The van der Waals surface area contributed by atoms with Gasteiger partial charge in [0.05, 0.1) is 22.4 Å². The van der Waals surface area contributed by atoms with Crippen LogP contribution in [0.5, 0.6) is 0 Å². The summed E-state index contributed by atoms with van der Waals surface area (Å²) in [6.45, 7) is 3.71. The normalized spacial score (nSPS) is 16.1. The van der Waals surface area contributed by atoms with Crippen LogP contribution in [-0.2, 0) is 9.53 Å². The molecule has 1 aliphatic heterocycles. The van der Waals surface area contributed by atoms with Gasteiger partial charge in [0.25, 0.3) is 5.56 Å². The third kappa shape index (κ3) is 4.18. The summed E-state index contributed by atoms with van der Waals surface area (Å²) in [6, 6.07) is 14.2. The van der Waals surface area contributed by atoms with Crippen LogP contribution in [0.4, 0.5) is 0 Å². The van der Waals surface area contributed by atoms with Crippen molar-refractivity contribution in [1.29, 1.82) is 0 Å². The van der Waals surface area contributed by atoms with E-state index in [0.29, 0.717) is 31.2 Å². The summed E-state index contributed by atoms with van der Waals surface area (Å²) < 4.78 is 8.31. The zero-order chi connectivity index (χ0) is 22.1. The fourth-order valence-electron chi connectivity index (χ4n) is 3.49. The van der Waals surface area contributed by atoms with Crippen molar-refractivity contribution >= 4 is 50.9 Å². The van der Waals surface area contributed by atoms with E-state index in [4.69, 9.17) is 16.3 Å². The average molecular weight is 518 g/mol. The summed E-state index contributed by atoms with van der Waals surface area (Å²) in [5.74, 6) is -0.504. The van der Waals surface area contributed by atoms with Crippen LogP contribution in [0, 0.1) is 0 Å². The molecule has 0 amide bonds. The monoisotopic (exact) mass is 516 g/mol. The largest absolute Gasteiger partial charge is 0.463 e. The molecule has 0 saturated carbocycles. The van der Waals surface area contributed by atoms with Gasteiger partial charge in [-0.1, -0.05) is 69.2 Å². The number of thiazole rings is 1. The van der Waals surface area contributed by atoms with Gasteiger partial charge in [-0.2, -0.15) is 0 Å². The molecule has 0 unspecified atom stereocenters. The van der Waals surface area contributed by atoms with E-state index < -0.39 is 12.0 Å². The predicted molar refractivity (Wildman–Crippen MR) is 126 cm³/mol. The Kier molecular flexibility index (Phi) is 6.27. The summed E-state index contributed by atoms with van der Waals surface area (Å²) >= 11 is 11.2. The second kappa shape index (κ2) is 8.94. The van der Waals surface area contributed by atoms with E-state index in [1.54, 1.807) is 19.9 Å². The first-order valence-corrected chi connectivity index (χ1v) is 11.6. The summed E-state index contributed by atoms with van der Waals surface area (Å²) in [7, 11) is 0. The number of halogens is 2. The first-order chi connectivity index (χ1) is 14.9. The van der Waals surface area contributed by atoms with Crippen molar-refractivity contribution in [1.82, 2.24) is 4.57 Å². The smallest absolute Gasteiger partial charge is 0.338 e. The second-order valence-corrected chi connectivity index (χ2v) is 9.21. The fraction of sp³-hybridized carbons (Fsp3) is 0.174. The number of hydrogen-bond donors (Lipinski definition) is 0. The molecule has 2 heterocycles. The lowest BCUT2D eigenvalue weighted by molar-refractivity contribution is -0.139. The van der Waals surface area contributed by atoms with Crippen LogP contribution in [0.1, 0.15) is 31.0 Å². The Bertz CT molecular complexity index is 1370. The van der Waals surface area contributed by atoms with Gasteiger partial charge < -0.3 is 4.74 Å². The molecule has 0 saturated heterocycles. The lowest BCUT2D eigenvalue weighted by Crippen LogP contribution is -2.40. The second-order valence-electron chi connectivity index (χ2n) is 6.88. The van der Waals surface area contributed by atoms with Gasteiger partial charge in [-0.25, -0.2) is 9.79 Å². The topological polar surface area (TPSA) is 60.7 Å². The van der Waals surface area contributed by atoms with Crippen molar-refractivity contribution in [2.45, 2.75) is 19.9 Å². The number of esters is 1. The maximum Gasteiger partial charge on any atom is 0.338 e. The molecule has 3 aromatic rings. The molecular formula is C23H18BrClN2O3S. The van der Waals surface area contributed by atoms with Gasteiger partial charge in [0, 0.05) is 9.50 Å². The standard InChI is InChI=1S/C23H18BrClN2O3S/c1-3-30-22(29)19-13(2)26-23-27(20(19)16-6-4-5-7-17(16)25)21(28)18(31-23)12-14-8-10-15(24)11-9-14/h4-12,20H,3H2,1-2H3/b18-12-/t20-/m0/s1. The van der Waals surface area contributed by atoms with Gasteiger partial charge in [-0.3, -0.25) is 9.36 Å². The van der Waals surface area contributed by atoms with Crippen LogP contribution >= 0.6 is 38.9 Å². The van der Waals surface area contributed by atoms with Crippen LogP contribution in [-0.4, -0.2) is 17.1 Å². The minimum absolute atomic E-state index is 0.221. The quantitative estimate of drug-likeness (QED) is 0.487. The van der Waals surface area contributed by atoms with E-state index in [0.717, 1.165) is 10.0 Å². The number of fused-ring (bicyclic) bond motifs is 1. The molecule has 0 spiro atoms. The number of carbonyl (C=O) groups is 1. The summed E-state index contributed by atoms with van der Waals surface area (Å²) in [5, 5.41) is 0.464. The van der Waals surface area contributed by atoms with Crippen LogP contribution < -0.4 is 14.9 Å². The highest BCUT2D eigenvalue weighted by Crippen LogP contribution is 2.34. The number of benzene rings is 2.